The molecule has 0 aromatic heterocycles. The third-order valence-electron chi connectivity index (χ3n) is 1.86. The molecule has 0 fully saturated rings. The molecule has 0 rings (SSSR count). The smallest absolute Gasteiger partial charge is 0.242 e. The summed E-state index contributed by atoms with van der Waals surface area (Å²) >= 11 is 0. The fourth-order valence-corrected chi connectivity index (χ4v) is 1.13. The van der Waals surface area contributed by atoms with Gasteiger partial charge in [-0.15, -0.1) is 0 Å². The van der Waals surface area contributed by atoms with E-state index in [4.69, 9.17) is 4.84 Å². The lowest BCUT2D eigenvalue weighted by Gasteiger charge is -2.21. The molecule has 0 aliphatic rings. The van der Waals surface area contributed by atoms with Gasteiger partial charge in [-0.25, -0.2) is 5.06 Å². The van der Waals surface area contributed by atoms with Crippen molar-refractivity contribution in [2.24, 2.45) is 5.41 Å². The minimum Gasteiger partial charge on any atom is -0.274 e. The Balaban J connectivity index is 3.68. The van der Waals surface area contributed by atoms with E-state index in [1.54, 1.807) is 0 Å². The van der Waals surface area contributed by atoms with Gasteiger partial charge >= 0.3 is 0 Å². The standard InChI is InChI=1S/C10H21NO2/c1-9(12)11(13-5)8-6-7-10(2,3)4/h6-8H2,1-5H3. The summed E-state index contributed by atoms with van der Waals surface area (Å²) in [6, 6.07) is 0. The lowest BCUT2D eigenvalue weighted by Crippen LogP contribution is -2.29. The number of hydroxylamine groups is 2. The highest BCUT2D eigenvalue weighted by Gasteiger charge is 2.12. The van der Waals surface area contributed by atoms with Crippen molar-refractivity contribution >= 4 is 5.91 Å². The van der Waals surface area contributed by atoms with E-state index in [1.807, 2.05) is 0 Å². The van der Waals surface area contributed by atoms with Crippen LogP contribution in [0.15, 0.2) is 0 Å². The van der Waals surface area contributed by atoms with Crippen molar-refractivity contribution in [3.8, 4) is 0 Å². The van der Waals surface area contributed by atoms with Crippen LogP contribution in [0.2, 0.25) is 0 Å². The van der Waals surface area contributed by atoms with Crippen LogP contribution < -0.4 is 0 Å². The molecule has 0 saturated carbocycles. The Kier molecular flexibility index (Phi) is 4.99. The molecule has 3 heteroatoms. The number of nitrogens with zero attached hydrogens (tertiary/aromatic N) is 1. The van der Waals surface area contributed by atoms with E-state index in [-0.39, 0.29) is 5.91 Å². The quantitative estimate of drug-likeness (QED) is 0.632. The fourth-order valence-electron chi connectivity index (χ4n) is 1.13. The summed E-state index contributed by atoms with van der Waals surface area (Å²) in [5, 5.41) is 1.39. The van der Waals surface area contributed by atoms with Crippen LogP contribution in [0.25, 0.3) is 0 Å². The molecule has 0 unspecified atom stereocenters. The van der Waals surface area contributed by atoms with Crippen molar-refractivity contribution in [1.29, 1.82) is 0 Å². The normalized spacial score (nSPS) is 11.5. The SMILES string of the molecule is CON(CCCC(C)(C)C)C(C)=O. The van der Waals surface area contributed by atoms with E-state index in [0.717, 1.165) is 12.8 Å². The molecule has 78 valence electrons. The van der Waals surface area contributed by atoms with Crippen molar-refractivity contribution in [1.82, 2.24) is 5.06 Å². The highest BCUT2D eigenvalue weighted by molar-refractivity contribution is 5.71. The second-order valence-electron chi connectivity index (χ2n) is 4.47. The van der Waals surface area contributed by atoms with E-state index < -0.39 is 0 Å². The lowest BCUT2D eigenvalue weighted by atomic mass is 9.91. The summed E-state index contributed by atoms with van der Waals surface area (Å²) in [5.74, 6) is -0.0311. The van der Waals surface area contributed by atoms with Crippen LogP contribution in [-0.2, 0) is 9.63 Å². The molecule has 0 bridgehead atoms. The van der Waals surface area contributed by atoms with Gasteiger partial charge in [0.15, 0.2) is 0 Å². The third kappa shape index (κ3) is 6.58. The topological polar surface area (TPSA) is 29.5 Å². The van der Waals surface area contributed by atoms with Crippen LogP contribution in [0, 0.1) is 5.41 Å². The highest BCUT2D eigenvalue weighted by atomic mass is 16.7. The van der Waals surface area contributed by atoms with E-state index in [0.29, 0.717) is 12.0 Å². The molecular formula is C10H21NO2. The van der Waals surface area contributed by atoms with Gasteiger partial charge in [0.05, 0.1) is 7.11 Å². The van der Waals surface area contributed by atoms with Crippen LogP contribution in [0.4, 0.5) is 0 Å². The lowest BCUT2D eigenvalue weighted by molar-refractivity contribution is -0.173. The molecular weight excluding hydrogens is 166 g/mol. The van der Waals surface area contributed by atoms with E-state index in [1.165, 1.54) is 19.1 Å². The largest absolute Gasteiger partial charge is 0.274 e. The van der Waals surface area contributed by atoms with Gasteiger partial charge < -0.3 is 0 Å². The van der Waals surface area contributed by atoms with Gasteiger partial charge in [0.1, 0.15) is 0 Å². The molecule has 0 saturated heterocycles. The summed E-state index contributed by atoms with van der Waals surface area (Å²) in [6.45, 7) is 8.78. The van der Waals surface area contributed by atoms with Gasteiger partial charge in [0, 0.05) is 13.5 Å². The number of carbonyl (C=O) groups excluding carboxylic acids is 1. The van der Waals surface area contributed by atoms with Gasteiger partial charge in [0.25, 0.3) is 0 Å². The monoisotopic (exact) mass is 187 g/mol. The second kappa shape index (κ2) is 5.22. The molecule has 0 aromatic rings. The van der Waals surface area contributed by atoms with Crippen molar-refractivity contribution < 1.29 is 9.63 Å². The molecule has 3 nitrogen and oxygen atoms in total. The summed E-state index contributed by atoms with van der Waals surface area (Å²) in [6.07, 6.45) is 2.08. The Labute approximate surface area is 81.0 Å². The van der Waals surface area contributed by atoms with Gasteiger partial charge in [-0.1, -0.05) is 20.8 Å². The predicted octanol–water partition coefficient (Wildman–Crippen LogP) is 2.22. The zero-order chi connectivity index (χ0) is 10.5. The first kappa shape index (κ1) is 12.4. The van der Waals surface area contributed by atoms with Gasteiger partial charge in [-0.2, -0.15) is 0 Å². The first-order chi connectivity index (χ1) is 5.87. The van der Waals surface area contributed by atoms with Gasteiger partial charge in [0.2, 0.25) is 5.91 Å². The Morgan fingerprint density at radius 2 is 1.92 bits per heavy atom. The number of hydrogen-bond donors (Lipinski definition) is 0. The molecule has 0 heterocycles. The Bertz CT molecular complexity index is 161. The molecule has 0 aromatic carbocycles. The first-order valence-corrected chi connectivity index (χ1v) is 4.69. The van der Waals surface area contributed by atoms with Crippen molar-refractivity contribution in [2.75, 3.05) is 13.7 Å². The minimum atomic E-state index is -0.0311. The van der Waals surface area contributed by atoms with Crippen LogP contribution in [-0.4, -0.2) is 24.6 Å². The van der Waals surface area contributed by atoms with Crippen LogP contribution >= 0.6 is 0 Å². The van der Waals surface area contributed by atoms with Gasteiger partial charge in [-0.3, -0.25) is 9.63 Å². The fraction of sp³-hybridized carbons (Fsp3) is 0.900. The summed E-state index contributed by atoms with van der Waals surface area (Å²) in [7, 11) is 1.53. The summed E-state index contributed by atoms with van der Waals surface area (Å²) in [4.78, 5) is 15.8. The summed E-state index contributed by atoms with van der Waals surface area (Å²) < 4.78 is 0. The summed E-state index contributed by atoms with van der Waals surface area (Å²) in [5.41, 5.74) is 0.330. The average molecular weight is 187 g/mol. The van der Waals surface area contributed by atoms with Crippen molar-refractivity contribution in [3.63, 3.8) is 0 Å². The molecule has 0 atom stereocenters. The third-order valence-corrected chi connectivity index (χ3v) is 1.86. The molecule has 1 amide bonds. The molecule has 0 spiro atoms. The van der Waals surface area contributed by atoms with Crippen molar-refractivity contribution in [2.45, 2.75) is 40.5 Å². The maximum absolute atomic E-state index is 10.9. The van der Waals surface area contributed by atoms with Gasteiger partial charge in [-0.05, 0) is 18.3 Å². The number of carbonyl (C=O) groups is 1. The zero-order valence-electron chi connectivity index (χ0n) is 9.39. The predicted molar refractivity (Wildman–Crippen MR) is 53.1 cm³/mol. The molecule has 0 radical (unpaired) electrons. The maximum atomic E-state index is 10.9. The molecule has 0 aliphatic carbocycles. The van der Waals surface area contributed by atoms with Crippen molar-refractivity contribution in [3.05, 3.63) is 0 Å². The van der Waals surface area contributed by atoms with E-state index in [2.05, 4.69) is 20.8 Å². The van der Waals surface area contributed by atoms with E-state index >= 15 is 0 Å². The van der Waals surface area contributed by atoms with Crippen LogP contribution in [0.5, 0.6) is 0 Å². The molecule has 13 heavy (non-hydrogen) atoms. The average Bonchev–Trinajstić information content (AvgIpc) is 1.95. The number of rotatable bonds is 4. The number of hydrogen-bond acceptors (Lipinski definition) is 2. The van der Waals surface area contributed by atoms with E-state index in [9.17, 15) is 4.79 Å². The molecule has 0 N–H and O–H groups in total. The number of amides is 1. The Morgan fingerprint density at radius 1 is 1.38 bits per heavy atom. The van der Waals surface area contributed by atoms with Crippen LogP contribution in [0.3, 0.4) is 0 Å². The molecule has 0 aliphatic heterocycles. The van der Waals surface area contributed by atoms with Crippen LogP contribution in [0.1, 0.15) is 40.5 Å². The first-order valence-electron chi connectivity index (χ1n) is 4.69. The Morgan fingerprint density at radius 3 is 2.23 bits per heavy atom. The second-order valence-corrected chi connectivity index (χ2v) is 4.47. The zero-order valence-corrected chi connectivity index (χ0v) is 9.39. The minimum absolute atomic E-state index is 0.0311. The highest BCUT2D eigenvalue weighted by Crippen LogP contribution is 2.20. The Hall–Kier alpha value is -0.570. The maximum Gasteiger partial charge on any atom is 0.242 e.